The van der Waals surface area contributed by atoms with E-state index in [9.17, 15) is 14.9 Å². The Kier molecular flexibility index (Phi) is 4.37. The number of rotatable bonds is 3. The number of amides is 1. The molecule has 1 amide bonds. The van der Waals surface area contributed by atoms with Crippen LogP contribution in [0.3, 0.4) is 0 Å². The molecule has 19 heavy (non-hydrogen) atoms. The first-order valence-electron chi connectivity index (χ1n) is 5.82. The molecule has 1 rings (SSSR count). The smallest absolute Gasteiger partial charge is 0.267 e. The van der Waals surface area contributed by atoms with E-state index in [1.165, 1.54) is 18.2 Å². The maximum Gasteiger partial charge on any atom is 0.282 e. The zero-order chi connectivity index (χ0) is 14.6. The predicted octanol–water partition coefficient (Wildman–Crippen LogP) is 2.75. The van der Waals surface area contributed by atoms with E-state index in [4.69, 9.17) is 0 Å². The van der Waals surface area contributed by atoms with Gasteiger partial charge in [-0.05, 0) is 13.0 Å². The molecule has 0 aliphatic rings. The lowest BCUT2D eigenvalue weighted by Gasteiger charge is -2.17. The average molecular weight is 263 g/mol. The second-order valence-electron chi connectivity index (χ2n) is 5.16. The molecule has 6 nitrogen and oxygen atoms in total. The maximum atomic E-state index is 11.9. The Morgan fingerprint density at radius 2 is 1.89 bits per heavy atom. The molecule has 0 radical (unpaired) electrons. The summed E-state index contributed by atoms with van der Waals surface area (Å²) in [6.07, 6.45) is 0. The number of hydrazone groups is 1. The summed E-state index contributed by atoms with van der Waals surface area (Å²) >= 11 is 0. The van der Waals surface area contributed by atoms with E-state index in [1.807, 2.05) is 20.8 Å². The van der Waals surface area contributed by atoms with Gasteiger partial charge in [0, 0.05) is 17.2 Å². The fraction of sp³-hybridized carbons (Fsp3) is 0.385. The first-order chi connectivity index (χ1) is 8.73. The van der Waals surface area contributed by atoms with Crippen molar-refractivity contribution in [3.8, 4) is 0 Å². The van der Waals surface area contributed by atoms with Gasteiger partial charge in [0.2, 0.25) is 0 Å². The Morgan fingerprint density at radius 1 is 1.32 bits per heavy atom. The molecule has 1 N–H and O–H groups in total. The highest BCUT2D eigenvalue weighted by atomic mass is 16.6. The van der Waals surface area contributed by atoms with Crippen LogP contribution in [0.4, 0.5) is 5.69 Å². The lowest BCUT2D eigenvalue weighted by Crippen LogP contribution is -2.25. The summed E-state index contributed by atoms with van der Waals surface area (Å²) in [5.41, 5.74) is 2.68. The van der Waals surface area contributed by atoms with Gasteiger partial charge in [-0.1, -0.05) is 32.9 Å². The number of nitrogens with one attached hydrogen (secondary N) is 1. The molecule has 0 heterocycles. The van der Waals surface area contributed by atoms with Gasteiger partial charge in [-0.2, -0.15) is 5.10 Å². The molecule has 0 bridgehead atoms. The van der Waals surface area contributed by atoms with Gasteiger partial charge in [-0.3, -0.25) is 14.9 Å². The topological polar surface area (TPSA) is 84.6 Å². The van der Waals surface area contributed by atoms with Crippen molar-refractivity contribution in [2.24, 2.45) is 10.5 Å². The fourth-order valence-corrected chi connectivity index (χ4v) is 1.19. The number of nitro groups is 1. The minimum Gasteiger partial charge on any atom is -0.267 e. The highest BCUT2D eigenvalue weighted by Crippen LogP contribution is 2.18. The maximum absolute atomic E-state index is 11.9. The Morgan fingerprint density at radius 3 is 2.42 bits per heavy atom. The van der Waals surface area contributed by atoms with E-state index < -0.39 is 10.8 Å². The largest absolute Gasteiger partial charge is 0.282 e. The lowest BCUT2D eigenvalue weighted by molar-refractivity contribution is -0.385. The van der Waals surface area contributed by atoms with Crippen molar-refractivity contribution in [1.29, 1.82) is 0 Å². The molecular formula is C13H17N3O3. The summed E-state index contributed by atoms with van der Waals surface area (Å²) in [6.45, 7) is 7.68. The molecule has 0 saturated carbocycles. The van der Waals surface area contributed by atoms with Crippen LogP contribution in [0.1, 0.15) is 38.1 Å². The number of hydrogen-bond acceptors (Lipinski definition) is 4. The van der Waals surface area contributed by atoms with Crippen LogP contribution >= 0.6 is 0 Å². The van der Waals surface area contributed by atoms with Gasteiger partial charge in [0.05, 0.1) is 4.92 Å². The van der Waals surface area contributed by atoms with Crippen molar-refractivity contribution in [2.45, 2.75) is 27.7 Å². The summed E-state index contributed by atoms with van der Waals surface area (Å²) in [5.74, 6) is -0.587. The zero-order valence-electron chi connectivity index (χ0n) is 11.4. The van der Waals surface area contributed by atoms with Crippen molar-refractivity contribution in [3.63, 3.8) is 0 Å². The summed E-state index contributed by atoms with van der Waals surface area (Å²) in [6, 6.07) is 5.77. The van der Waals surface area contributed by atoms with Crippen LogP contribution in [0.25, 0.3) is 0 Å². The van der Waals surface area contributed by atoms with Gasteiger partial charge in [-0.15, -0.1) is 0 Å². The Labute approximate surface area is 111 Å². The van der Waals surface area contributed by atoms with Crippen molar-refractivity contribution >= 4 is 17.3 Å². The first kappa shape index (κ1) is 14.8. The van der Waals surface area contributed by atoms with Crippen LogP contribution in [0.5, 0.6) is 0 Å². The Hall–Kier alpha value is -2.24. The van der Waals surface area contributed by atoms with Crippen molar-refractivity contribution in [2.75, 3.05) is 0 Å². The minimum atomic E-state index is -0.588. The molecule has 102 valence electrons. The predicted molar refractivity (Wildman–Crippen MR) is 73.1 cm³/mol. The van der Waals surface area contributed by atoms with Crippen LogP contribution in [0.15, 0.2) is 29.4 Å². The van der Waals surface area contributed by atoms with Gasteiger partial charge in [-0.25, -0.2) is 5.43 Å². The van der Waals surface area contributed by atoms with Crippen LogP contribution in [0.2, 0.25) is 0 Å². The summed E-state index contributed by atoms with van der Waals surface area (Å²) in [7, 11) is 0. The normalized spacial score (nSPS) is 12.1. The highest BCUT2D eigenvalue weighted by molar-refractivity contribution is 5.99. The summed E-state index contributed by atoms with van der Waals surface area (Å²) in [4.78, 5) is 22.1. The number of benzene rings is 1. The van der Waals surface area contributed by atoms with Gasteiger partial charge in [0.1, 0.15) is 5.56 Å². The average Bonchev–Trinajstić information content (AvgIpc) is 2.34. The zero-order valence-corrected chi connectivity index (χ0v) is 11.4. The molecule has 1 aromatic rings. The molecule has 0 saturated heterocycles. The van der Waals surface area contributed by atoms with E-state index >= 15 is 0 Å². The summed E-state index contributed by atoms with van der Waals surface area (Å²) in [5, 5.41) is 14.8. The third-order valence-corrected chi connectivity index (χ3v) is 2.76. The molecule has 0 fully saturated rings. The highest BCUT2D eigenvalue weighted by Gasteiger charge is 2.20. The van der Waals surface area contributed by atoms with Crippen molar-refractivity contribution in [1.82, 2.24) is 5.43 Å². The molecule has 0 spiro atoms. The second-order valence-corrected chi connectivity index (χ2v) is 5.16. The number of hydrogen-bond donors (Lipinski definition) is 1. The molecule has 0 aliphatic heterocycles. The van der Waals surface area contributed by atoms with Gasteiger partial charge < -0.3 is 0 Å². The fourth-order valence-electron chi connectivity index (χ4n) is 1.19. The van der Waals surface area contributed by atoms with Crippen LogP contribution < -0.4 is 5.43 Å². The van der Waals surface area contributed by atoms with Crippen LogP contribution in [-0.2, 0) is 0 Å². The van der Waals surface area contributed by atoms with E-state index in [0.717, 1.165) is 5.71 Å². The number of para-hydroxylation sites is 1. The lowest BCUT2D eigenvalue weighted by atomic mass is 9.91. The van der Waals surface area contributed by atoms with E-state index in [2.05, 4.69) is 10.5 Å². The SMILES string of the molecule is C/C(=N/NC(=O)c1ccccc1[N+](=O)[O-])C(C)(C)C. The Bertz CT molecular complexity index is 530. The van der Waals surface area contributed by atoms with Gasteiger partial charge in [0.15, 0.2) is 0 Å². The first-order valence-corrected chi connectivity index (χ1v) is 5.82. The third kappa shape index (κ3) is 3.87. The molecule has 1 aromatic carbocycles. The quantitative estimate of drug-likeness (QED) is 0.517. The van der Waals surface area contributed by atoms with Crippen molar-refractivity contribution < 1.29 is 9.72 Å². The summed E-state index contributed by atoms with van der Waals surface area (Å²) < 4.78 is 0. The number of nitro benzene ring substituents is 1. The molecule has 0 aromatic heterocycles. The third-order valence-electron chi connectivity index (χ3n) is 2.76. The number of nitrogens with zero attached hydrogens (tertiary/aromatic N) is 2. The monoisotopic (exact) mass is 263 g/mol. The second kappa shape index (κ2) is 5.60. The van der Waals surface area contributed by atoms with Crippen LogP contribution in [0, 0.1) is 15.5 Å². The minimum absolute atomic E-state index is 0.00189. The van der Waals surface area contributed by atoms with Crippen molar-refractivity contribution in [3.05, 3.63) is 39.9 Å². The number of carbonyl (C=O) groups is 1. The standard InChI is InChI=1S/C13H17N3O3/c1-9(13(2,3)4)14-15-12(17)10-7-5-6-8-11(10)16(18)19/h5-8H,1-4H3,(H,15,17)/b14-9-. The molecular weight excluding hydrogens is 246 g/mol. The Balaban J connectivity index is 2.95. The molecule has 0 unspecified atom stereocenters. The van der Waals surface area contributed by atoms with E-state index in [-0.39, 0.29) is 16.7 Å². The van der Waals surface area contributed by atoms with E-state index in [0.29, 0.717) is 0 Å². The molecule has 6 heteroatoms. The van der Waals surface area contributed by atoms with Gasteiger partial charge >= 0.3 is 0 Å². The van der Waals surface area contributed by atoms with E-state index in [1.54, 1.807) is 13.0 Å². The molecule has 0 aliphatic carbocycles. The number of carbonyl (C=O) groups excluding carboxylic acids is 1. The molecule has 0 atom stereocenters. The van der Waals surface area contributed by atoms with Gasteiger partial charge in [0.25, 0.3) is 11.6 Å². The van der Waals surface area contributed by atoms with Crippen LogP contribution in [-0.4, -0.2) is 16.5 Å².